The van der Waals surface area contributed by atoms with Gasteiger partial charge in [0.1, 0.15) is 0 Å². The van der Waals surface area contributed by atoms with Gasteiger partial charge in [-0.05, 0) is 43.9 Å². The van der Waals surface area contributed by atoms with E-state index in [9.17, 15) is 4.79 Å². The van der Waals surface area contributed by atoms with E-state index in [0.717, 1.165) is 42.4 Å². The minimum absolute atomic E-state index is 0.0763. The van der Waals surface area contributed by atoms with E-state index in [1.54, 1.807) is 12.4 Å². The van der Waals surface area contributed by atoms with Gasteiger partial charge in [-0.3, -0.25) is 14.8 Å². The molecule has 0 radical (unpaired) electrons. The number of nitrogens with zero attached hydrogens (tertiary/aromatic N) is 2. The number of anilines is 1. The van der Waals surface area contributed by atoms with Crippen molar-refractivity contribution in [2.75, 3.05) is 5.32 Å². The van der Waals surface area contributed by atoms with E-state index in [2.05, 4.69) is 15.3 Å². The van der Waals surface area contributed by atoms with Gasteiger partial charge in [-0.1, -0.05) is 0 Å². The van der Waals surface area contributed by atoms with Crippen LogP contribution in [-0.4, -0.2) is 21.9 Å². The molecule has 1 aromatic heterocycles. The van der Waals surface area contributed by atoms with Gasteiger partial charge >= 0.3 is 0 Å². The van der Waals surface area contributed by atoms with Crippen LogP contribution in [-0.2, 0) is 4.79 Å². The second kappa shape index (κ2) is 5.54. The number of rotatable bonds is 2. The normalized spacial score (nSPS) is 22.6. The second-order valence-electron chi connectivity index (χ2n) is 5.36. The summed E-state index contributed by atoms with van der Waals surface area (Å²) in [7, 11) is 0. The summed E-state index contributed by atoms with van der Waals surface area (Å²) in [5, 5.41) is 2.97. The summed E-state index contributed by atoms with van der Waals surface area (Å²) in [6.07, 6.45) is 6.92. The van der Waals surface area contributed by atoms with Crippen LogP contribution >= 0.6 is 0 Å². The van der Waals surface area contributed by atoms with E-state index < -0.39 is 0 Å². The van der Waals surface area contributed by atoms with Crippen LogP contribution in [0.3, 0.4) is 0 Å². The fourth-order valence-corrected chi connectivity index (χ4v) is 2.67. The quantitative estimate of drug-likeness (QED) is 0.875. The average Bonchev–Trinajstić information content (AvgIpc) is 2.48. The van der Waals surface area contributed by atoms with Gasteiger partial charge in [-0.2, -0.15) is 0 Å². The third-order valence-electron chi connectivity index (χ3n) is 3.88. The van der Waals surface area contributed by atoms with Crippen LogP contribution in [0.25, 0.3) is 11.0 Å². The molecule has 1 heterocycles. The molecule has 1 aliphatic carbocycles. The van der Waals surface area contributed by atoms with Gasteiger partial charge in [0, 0.05) is 30.0 Å². The van der Waals surface area contributed by atoms with Crippen molar-refractivity contribution in [3.05, 3.63) is 30.6 Å². The summed E-state index contributed by atoms with van der Waals surface area (Å²) in [5.41, 5.74) is 8.26. The first-order chi connectivity index (χ1) is 9.72. The summed E-state index contributed by atoms with van der Waals surface area (Å²) >= 11 is 0. The lowest BCUT2D eigenvalue weighted by Gasteiger charge is -2.25. The van der Waals surface area contributed by atoms with E-state index in [-0.39, 0.29) is 17.9 Å². The van der Waals surface area contributed by atoms with E-state index in [0.29, 0.717) is 0 Å². The van der Waals surface area contributed by atoms with Crippen LogP contribution in [0, 0.1) is 5.92 Å². The predicted molar refractivity (Wildman–Crippen MR) is 78.1 cm³/mol. The number of aromatic nitrogens is 2. The first-order valence-electron chi connectivity index (χ1n) is 6.99. The Kier molecular flexibility index (Phi) is 3.60. The van der Waals surface area contributed by atoms with Crippen LogP contribution in [0.5, 0.6) is 0 Å². The average molecular weight is 270 g/mol. The SMILES string of the molecule is NC1CCC(C(=O)Nc2ccc3nccnc3c2)CC1. The molecule has 1 saturated carbocycles. The van der Waals surface area contributed by atoms with Crippen molar-refractivity contribution in [1.82, 2.24) is 9.97 Å². The molecule has 0 aliphatic heterocycles. The molecule has 0 atom stereocenters. The highest BCUT2D eigenvalue weighted by atomic mass is 16.1. The van der Waals surface area contributed by atoms with Crippen molar-refractivity contribution >= 4 is 22.6 Å². The lowest BCUT2D eigenvalue weighted by Crippen LogP contribution is -2.32. The second-order valence-corrected chi connectivity index (χ2v) is 5.36. The van der Waals surface area contributed by atoms with E-state index >= 15 is 0 Å². The number of nitrogens with two attached hydrogens (primary N) is 1. The van der Waals surface area contributed by atoms with Crippen molar-refractivity contribution in [2.45, 2.75) is 31.7 Å². The fourth-order valence-electron chi connectivity index (χ4n) is 2.67. The highest BCUT2D eigenvalue weighted by Gasteiger charge is 2.24. The maximum atomic E-state index is 12.2. The largest absolute Gasteiger partial charge is 0.328 e. The molecule has 5 heteroatoms. The molecule has 1 aliphatic rings. The Hall–Kier alpha value is -2.01. The van der Waals surface area contributed by atoms with Gasteiger partial charge in [0.2, 0.25) is 5.91 Å². The minimum Gasteiger partial charge on any atom is -0.328 e. The molecule has 3 N–H and O–H groups in total. The smallest absolute Gasteiger partial charge is 0.227 e. The first kappa shape index (κ1) is 13.0. The van der Waals surface area contributed by atoms with Gasteiger partial charge in [0.05, 0.1) is 11.0 Å². The highest BCUT2D eigenvalue weighted by molar-refractivity contribution is 5.94. The topological polar surface area (TPSA) is 80.9 Å². The summed E-state index contributed by atoms with van der Waals surface area (Å²) in [5.74, 6) is 0.160. The van der Waals surface area contributed by atoms with E-state index in [1.165, 1.54) is 0 Å². The van der Waals surface area contributed by atoms with Crippen LogP contribution < -0.4 is 11.1 Å². The molecular weight excluding hydrogens is 252 g/mol. The summed E-state index contributed by atoms with van der Waals surface area (Å²) < 4.78 is 0. The van der Waals surface area contributed by atoms with Gasteiger partial charge in [0.25, 0.3) is 0 Å². The van der Waals surface area contributed by atoms with E-state index in [1.807, 2.05) is 18.2 Å². The van der Waals surface area contributed by atoms with Gasteiger partial charge < -0.3 is 11.1 Å². The Morgan fingerprint density at radius 1 is 1.10 bits per heavy atom. The zero-order valence-corrected chi connectivity index (χ0v) is 11.2. The number of carbonyl (C=O) groups is 1. The van der Waals surface area contributed by atoms with Crippen molar-refractivity contribution in [3.8, 4) is 0 Å². The molecular formula is C15H18N4O. The molecule has 0 unspecified atom stereocenters. The van der Waals surface area contributed by atoms with Crippen LogP contribution in [0.15, 0.2) is 30.6 Å². The maximum Gasteiger partial charge on any atom is 0.227 e. The lowest BCUT2D eigenvalue weighted by atomic mass is 9.86. The fraction of sp³-hybridized carbons (Fsp3) is 0.400. The summed E-state index contributed by atoms with van der Waals surface area (Å²) in [6, 6.07) is 5.85. The molecule has 104 valence electrons. The first-order valence-corrected chi connectivity index (χ1v) is 6.99. The highest BCUT2D eigenvalue weighted by Crippen LogP contribution is 2.25. The van der Waals surface area contributed by atoms with Crippen LogP contribution in [0.4, 0.5) is 5.69 Å². The molecule has 1 fully saturated rings. The number of nitrogens with one attached hydrogen (secondary N) is 1. The van der Waals surface area contributed by atoms with E-state index in [4.69, 9.17) is 5.73 Å². The lowest BCUT2D eigenvalue weighted by molar-refractivity contribution is -0.120. The van der Waals surface area contributed by atoms with Gasteiger partial charge in [-0.15, -0.1) is 0 Å². The van der Waals surface area contributed by atoms with Gasteiger partial charge in [0.15, 0.2) is 0 Å². The maximum absolute atomic E-state index is 12.2. The van der Waals surface area contributed by atoms with Gasteiger partial charge in [-0.25, -0.2) is 0 Å². The van der Waals surface area contributed by atoms with Crippen molar-refractivity contribution in [1.29, 1.82) is 0 Å². The molecule has 1 aromatic carbocycles. The Bertz CT molecular complexity index is 620. The molecule has 20 heavy (non-hydrogen) atoms. The predicted octanol–water partition coefficient (Wildman–Crippen LogP) is 2.09. The molecule has 0 saturated heterocycles. The number of benzene rings is 1. The Labute approximate surface area is 117 Å². The number of hydrogen-bond acceptors (Lipinski definition) is 4. The number of hydrogen-bond donors (Lipinski definition) is 2. The molecule has 0 spiro atoms. The van der Waals surface area contributed by atoms with Crippen molar-refractivity contribution in [3.63, 3.8) is 0 Å². The number of amides is 1. The van der Waals surface area contributed by atoms with Crippen LogP contribution in [0.2, 0.25) is 0 Å². The molecule has 2 aromatic rings. The Morgan fingerprint density at radius 2 is 1.80 bits per heavy atom. The molecule has 1 amide bonds. The van der Waals surface area contributed by atoms with Crippen LogP contribution in [0.1, 0.15) is 25.7 Å². The number of carbonyl (C=O) groups excluding carboxylic acids is 1. The summed E-state index contributed by atoms with van der Waals surface area (Å²) in [4.78, 5) is 20.7. The van der Waals surface area contributed by atoms with Crippen molar-refractivity contribution < 1.29 is 4.79 Å². The van der Waals surface area contributed by atoms with Crippen molar-refractivity contribution in [2.24, 2.45) is 11.7 Å². The zero-order valence-electron chi connectivity index (χ0n) is 11.2. The standard InChI is InChI=1S/C15H18N4O/c16-11-3-1-10(2-4-11)15(20)19-12-5-6-13-14(9-12)18-8-7-17-13/h5-11H,1-4,16H2,(H,19,20). The molecule has 3 rings (SSSR count). The third kappa shape index (κ3) is 2.77. The molecule has 0 bridgehead atoms. The molecule has 5 nitrogen and oxygen atoms in total. The minimum atomic E-state index is 0.0763. The Morgan fingerprint density at radius 3 is 2.55 bits per heavy atom. The monoisotopic (exact) mass is 270 g/mol. The third-order valence-corrected chi connectivity index (χ3v) is 3.88. The number of fused-ring (bicyclic) bond motifs is 1. The zero-order chi connectivity index (χ0) is 13.9. The Balaban J connectivity index is 1.71. The summed E-state index contributed by atoms with van der Waals surface area (Å²) in [6.45, 7) is 0.